The Kier molecular flexibility index (Phi) is 2.31. The summed E-state index contributed by atoms with van der Waals surface area (Å²) in [5.41, 5.74) is 6.50. The Hall–Kier alpha value is -0.900. The lowest BCUT2D eigenvalue weighted by atomic mass is 9.85. The maximum absolute atomic E-state index is 5.58. The molecular formula is C11H16N2O. The van der Waals surface area contributed by atoms with Crippen LogP contribution in [0, 0.1) is 13.8 Å². The van der Waals surface area contributed by atoms with E-state index in [1.54, 1.807) is 0 Å². The number of rotatable bonds is 2. The van der Waals surface area contributed by atoms with Gasteiger partial charge in [-0.15, -0.1) is 0 Å². The minimum absolute atomic E-state index is 0.155. The quantitative estimate of drug-likeness (QED) is 0.542. The highest BCUT2D eigenvalue weighted by atomic mass is 16.5. The number of nitrogens with one attached hydrogen (secondary N) is 1. The second-order valence-electron chi connectivity index (χ2n) is 4.04. The predicted molar refractivity (Wildman–Crippen MR) is 55.7 cm³/mol. The average Bonchev–Trinajstić information content (AvgIpc) is 2.07. The van der Waals surface area contributed by atoms with E-state index in [0.29, 0.717) is 13.2 Å². The summed E-state index contributed by atoms with van der Waals surface area (Å²) in [6.07, 6.45) is 0. The van der Waals surface area contributed by atoms with Crippen LogP contribution in [0.3, 0.4) is 0 Å². The molecule has 1 aliphatic rings. The predicted octanol–water partition coefficient (Wildman–Crippen LogP) is 0.992. The summed E-state index contributed by atoms with van der Waals surface area (Å²) in [6.45, 7) is 5.52. The van der Waals surface area contributed by atoms with Crippen molar-refractivity contribution in [2.75, 3.05) is 13.2 Å². The SMILES string of the molecule is Cc1ccc(C2(NN)COC2)c(C)c1. The average molecular weight is 192 g/mol. The van der Waals surface area contributed by atoms with Crippen LogP contribution in [0.4, 0.5) is 0 Å². The molecule has 1 fully saturated rings. The standard InChI is InChI=1S/C11H16N2O/c1-8-3-4-10(9(2)5-8)11(13-12)6-14-7-11/h3-5,13H,6-7,12H2,1-2H3. The third kappa shape index (κ3) is 1.34. The van der Waals surface area contributed by atoms with E-state index in [4.69, 9.17) is 10.6 Å². The fraction of sp³-hybridized carbons (Fsp3) is 0.455. The monoisotopic (exact) mass is 192 g/mol. The summed E-state index contributed by atoms with van der Waals surface area (Å²) in [4.78, 5) is 0. The first-order valence-corrected chi connectivity index (χ1v) is 4.81. The third-order valence-electron chi connectivity index (χ3n) is 2.87. The van der Waals surface area contributed by atoms with Gasteiger partial charge in [0.05, 0.1) is 13.2 Å². The van der Waals surface area contributed by atoms with Gasteiger partial charge in [0.15, 0.2) is 0 Å². The third-order valence-corrected chi connectivity index (χ3v) is 2.87. The summed E-state index contributed by atoms with van der Waals surface area (Å²) in [7, 11) is 0. The molecular weight excluding hydrogens is 176 g/mol. The molecule has 0 unspecified atom stereocenters. The molecule has 0 amide bonds. The largest absolute Gasteiger partial charge is 0.377 e. The summed E-state index contributed by atoms with van der Waals surface area (Å²) in [6, 6.07) is 6.42. The first-order valence-electron chi connectivity index (χ1n) is 4.81. The van der Waals surface area contributed by atoms with Gasteiger partial charge in [0.25, 0.3) is 0 Å². The Morgan fingerprint density at radius 2 is 2.07 bits per heavy atom. The number of aryl methyl sites for hydroxylation is 2. The van der Waals surface area contributed by atoms with E-state index >= 15 is 0 Å². The number of benzene rings is 1. The second-order valence-corrected chi connectivity index (χ2v) is 4.04. The zero-order valence-corrected chi connectivity index (χ0v) is 8.63. The highest BCUT2D eigenvalue weighted by molar-refractivity contribution is 5.37. The molecule has 0 radical (unpaired) electrons. The Morgan fingerprint density at radius 1 is 1.36 bits per heavy atom. The van der Waals surface area contributed by atoms with Gasteiger partial charge in [-0.25, -0.2) is 5.43 Å². The minimum atomic E-state index is -0.155. The van der Waals surface area contributed by atoms with Crippen LogP contribution < -0.4 is 11.3 Å². The molecule has 3 nitrogen and oxygen atoms in total. The molecule has 3 heteroatoms. The van der Waals surface area contributed by atoms with Gasteiger partial charge in [0, 0.05) is 0 Å². The van der Waals surface area contributed by atoms with Gasteiger partial charge in [-0.05, 0) is 25.0 Å². The number of ether oxygens (including phenoxy) is 1. The van der Waals surface area contributed by atoms with E-state index in [1.807, 2.05) is 0 Å². The van der Waals surface area contributed by atoms with Crippen molar-refractivity contribution in [3.05, 3.63) is 34.9 Å². The van der Waals surface area contributed by atoms with Crippen LogP contribution in [-0.4, -0.2) is 13.2 Å². The van der Waals surface area contributed by atoms with Crippen molar-refractivity contribution in [3.8, 4) is 0 Å². The van der Waals surface area contributed by atoms with Crippen molar-refractivity contribution in [1.29, 1.82) is 0 Å². The lowest BCUT2D eigenvalue weighted by Gasteiger charge is -2.42. The molecule has 1 saturated heterocycles. The molecule has 14 heavy (non-hydrogen) atoms. The van der Waals surface area contributed by atoms with Crippen LogP contribution in [0.15, 0.2) is 18.2 Å². The molecule has 1 aliphatic heterocycles. The van der Waals surface area contributed by atoms with Gasteiger partial charge in [0.1, 0.15) is 5.54 Å². The molecule has 2 rings (SSSR count). The Bertz CT molecular complexity index is 340. The molecule has 1 aromatic rings. The van der Waals surface area contributed by atoms with Crippen molar-refractivity contribution >= 4 is 0 Å². The van der Waals surface area contributed by atoms with Gasteiger partial charge in [-0.3, -0.25) is 5.84 Å². The minimum Gasteiger partial charge on any atom is -0.377 e. The number of hydrogen-bond acceptors (Lipinski definition) is 3. The second kappa shape index (κ2) is 3.35. The van der Waals surface area contributed by atoms with Gasteiger partial charge < -0.3 is 4.74 Å². The Morgan fingerprint density at radius 3 is 2.50 bits per heavy atom. The van der Waals surface area contributed by atoms with Gasteiger partial charge in [-0.1, -0.05) is 23.8 Å². The van der Waals surface area contributed by atoms with Crippen LogP contribution in [-0.2, 0) is 10.3 Å². The van der Waals surface area contributed by atoms with Gasteiger partial charge >= 0.3 is 0 Å². The fourth-order valence-corrected chi connectivity index (χ4v) is 1.97. The molecule has 1 heterocycles. The van der Waals surface area contributed by atoms with Crippen LogP contribution in [0.5, 0.6) is 0 Å². The Balaban J connectivity index is 2.40. The van der Waals surface area contributed by atoms with Crippen LogP contribution in [0.2, 0.25) is 0 Å². The summed E-state index contributed by atoms with van der Waals surface area (Å²) < 4.78 is 5.23. The summed E-state index contributed by atoms with van der Waals surface area (Å²) in [5.74, 6) is 5.58. The van der Waals surface area contributed by atoms with Gasteiger partial charge in [-0.2, -0.15) is 0 Å². The zero-order valence-electron chi connectivity index (χ0n) is 8.63. The zero-order chi connectivity index (χ0) is 10.2. The molecule has 0 aromatic heterocycles. The van der Waals surface area contributed by atoms with Crippen molar-refractivity contribution in [3.63, 3.8) is 0 Å². The number of nitrogens with two attached hydrogens (primary N) is 1. The number of hydrogen-bond donors (Lipinski definition) is 2. The van der Waals surface area contributed by atoms with E-state index in [1.165, 1.54) is 16.7 Å². The van der Waals surface area contributed by atoms with E-state index in [0.717, 1.165) is 0 Å². The molecule has 0 spiro atoms. The van der Waals surface area contributed by atoms with Crippen molar-refractivity contribution < 1.29 is 4.74 Å². The fourth-order valence-electron chi connectivity index (χ4n) is 1.97. The van der Waals surface area contributed by atoms with E-state index < -0.39 is 0 Å². The highest BCUT2D eigenvalue weighted by Gasteiger charge is 2.40. The first kappa shape index (κ1) is 9.65. The topological polar surface area (TPSA) is 47.3 Å². The van der Waals surface area contributed by atoms with Crippen molar-refractivity contribution in [2.24, 2.45) is 5.84 Å². The molecule has 0 saturated carbocycles. The number of hydrazine groups is 1. The molecule has 3 N–H and O–H groups in total. The Labute approximate surface area is 84.2 Å². The molecule has 0 atom stereocenters. The molecule has 76 valence electrons. The lowest BCUT2D eigenvalue weighted by Crippen LogP contribution is -2.60. The van der Waals surface area contributed by atoms with E-state index in [-0.39, 0.29) is 5.54 Å². The lowest BCUT2D eigenvalue weighted by molar-refractivity contribution is -0.0789. The summed E-state index contributed by atoms with van der Waals surface area (Å²) >= 11 is 0. The first-order chi connectivity index (χ1) is 6.68. The molecule has 1 aromatic carbocycles. The normalized spacial score (nSPS) is 19.1. The molecule has 0 bridgehead atoms. The van der Waals surface area contributed by atoms with Crippen LogP contribution >= 0.6 is 0 Å². The van der Waals surface area contributed by atoms with E-state index in [2.05, 4.69) is 37.5 Å². The van der Waals surface area contributed by atoms with E-state index in [9.17, 15) is 0 Å². The maximum Gasteiger partial charge on any atom is 0.104 e. The van der Waals surface area contributed by atoms with Crippen LogP contribution in [0.1, 0.15) is 16.7 Å². The maximum atomic E-state index is 5.58. The van der Waals surface area contributed by atoms with Crippen LogP contribution in [0.25, 0.3) is 0 Å². The van der Waals surface area contributed by atoms with Crippen molar-refractivity contribution in [2.45, 2.75) is 19.4 Å². The smallest absolute Gasteiger partial charge is 0.104 e. The summed E-state index contributed by atoms with van der Waals surface area (Å²) in [5, 5.41) is 0. The highest BCUT2D eigenvalue weighted by Crippen LogP contribution is 2.31. The molecule has 0 aliphatic carbocycles. The van der Waals surface area contributed by atoms with Crippen molar-refractivity contribution in [1.82, 2.24) is 5.43 Å². The van der Waals surface area contributed by atoms with Gasteiger partial charge in [0.2, 0.25) is 0 Å².